The Morgan fingerprint density at radius 1 is 1.04 bits per heavy atom. The molecule has 0 saturated carbocycles. The van der Waals surface area contributed by atoms with Crippen molar-refractivity contribution in [1.29, 1.82) is 0 Å². The van der Waals surface area contributed by atoms with Crippen molar-refractivity contribution in [2.45, 2.75) is 76.3 Å². The molecule has 1 heterocycles. The first-order valence-electron chi connectivity index (χ1n) is 15.9. The van der Waals surface area contributed by atoms with E-state index in [0.717, 1.165) is 44.9 Å². The second-order valence-electron chi connectivity index (χ2n) is 12.6. The Labute approximate surface area is 287 Å². The number of thiocarbonyl (C=S) groups is 1. The number of amides is 1. The Bertz CT molecular complexity index is 1640. The lowest BCUT2D eigenvalue weighted by Crippen LogP contribution is -2.43. The van der Waals surface area contributed by atoms with E-state index in [1.807, 2.05) is 24.3 Å². The molecule has 2 aliphatic rings. The number of hydrogen-bond donors (Lipinski definition) is 3. The second-order valence-corrected chi connectivity index (χ2v) is 13.8. The molecule has 1 aliphatic heterocycles. The molecule has 0 bridgehead atoms. The van der Waals surface area contributed by atoms with E-state index in [0.29, 0.717) is 24.5 Å². The number of carbonyl (C=O) groups excluding carboxylic acids is 2. The SMILES string of the molecule is C=CCOC(=O)C(CCCNC(=S)NSc1c(C)c(C)c2c(c1C)CC(C)(C)O2)NC(=O)OCC1c2ccccc2-c2ccccc21. The van der Waals surface area contributed by atoms with Gasteiger partial charge in [0.1, 0.15) is 30.6 Å². The van der Waals surface area contributed by atoms with E-state index in [9.17, 15) is 9.59 Å². The molecule has 0 spiro atoms. The van der Waals surface area contributed by atoms with Gasteiger partial charge in [-0.25, -0.2) is 9.59 Å². The van der Waals surface area contributed by atoms with Gasteiger partial charge in [0, 0.05) is 29.3 Å². The maximum absolute atomic E-state index is 12.9. The smallest absolute Gasteiger partial charge is 0.407 e. The lowest BCUT2D eigenvalue weighted by atomic mass is 9.94. The van der Waals surface area contributed by atoms with Crippen LogP contribution in [0.15, 0.2) is 66.1 Å². The van der Waals surface area contributed by atoms with Gasteiger partial charge in [-0.1, -0.05) is 61.2 Å². The van der Waals surface area contributed by atoms with Crippen molar-refractivity contribution in [2.24, 2.45) is 0 Å². The summed E-state index contributed by atoms with van der Waals surface area (Å²) in [6.07, 6.45) is 2.57. The quantitative estimate of drug-likeness (QED) is 0.0606. The fraction of sp³-hybridized carbons (Fsp3) is 0.378. The lowest BCUT2D eigenvalue weighted by Gasteiger charge is -2.20. The van der Waals surface area contributed by atoms with E-state index < -0.39 is 18.1 Å². The van der Waals surface area contributed by atoms with Crippen molar-refractivity contribution in [2.75, 3.05) is 19.8 Å². The summed E-state index contributed by atoms with van der Waals surface area (Å²) in [5.41, 5.74) is 9.08. The molecule has 1 amide bonds. The summed E-state index contributed by atoms with van der Waals surface area (Å²) in [4.78, 5) is 26.9. The third-order valence-electron chi connectivity index (χ3n) is 8.76. The number of ether oxygens (including phenoxy) is 3. The normalized spacial score (nSPS) is 14.6. The molecule has 3 aromatic carbocycles. The zero-order valence-electron chi connectivity index (χ0n) is 27.7. The maximum Gasteiger partial charge on any atom is 0.407 e. The summed E-state index contributed by atoms with van der Waals surface area (Å²) in [6.45, 7) is 14.9. The number of benzene rings is 3. The molecule has 1 atom stereocenters. The fourth-order valence-electron chi connectivity index (χ4n) is 6.31. The first-order chi connectivity index (χ1) is 22.5. The highest BCUT2D eigenvalue weighted by molar-refractivity contribution is 7.99. The zero-order chi connectivity index (χ0) is 33.7. The highest BCUT2D eigenvalue weighted by Gasteiger charge is 2.34. The molecule has 0 fully saturated rings. The second kappa shape index (κ2) is 14.8. The van der Waals surface area contributed by atoms with Gasteiger partial charge in [-0.05, 0) is 111 Å². The molecule has 1 unspecified atom stereocenters. The predicted molar refractivity (Wildman–Crippen MR) is 191 cm³/mol. The maximum atomic E-state index is 12.9. The summed E-state index contributed by atoms with van der Waals surface area (Å²) in [7, 11) is 0. The number of nitrogens with one attached hydrogen (secondary N) is 3. The van der Waals surface area contributed by atoms with Crippen LogP contribution in [0.5, 0.6) is 5.75 Å². The molecule has 0 radical (unpaired) electrons. The Morgan fingerprint density at radius 2 is 1.70 bits per heavy atom. The minimum absolute atomic E-state index is 0.0514. The molecule has 8 nitrogen and oxygen atoms in total. The van der Waals surface area contributed by atoms with Gasteiger partial charge in [-0.3, -0.25) is 0 Å². The monoisotopic (exact) mass is 673 g/mol. The molecule has 3 N–H and O–H groups in total. The molecule has 1 aliphatic carbocycles. The van der Waals surface area contributed by atoms with Gasteiger partial charge in [0.2, 0.25) is 0 Å². The summed E-state index contributed by atoms with van der Waals surface area (Å²) in [6, 6.07) is 15.4. The summed E-state index contributed by atoms with van der Waals surface area (Å²) in [5, 5.41) is 6.41. The topological polar surface area (TPSA) is 97.9 Å². The number of fused-ring (bicyclic) bond motifs is 4. The Hall–Kier alpha value is -4.02. The molecular formula is C37H43N3O5S2. The predicted octanol–water partition coefficient (Wildman–Crippen LogP) is 7.21. The van der Waals surface area contributed by atoms with Crippen molar-refractivity contribution in [3.05, 3.63) is 94.6 Å². The van der Waals surface area contributed by atoms with Gasteiger partial charge >= 0.3 is 12.1 Å². The fourth-order valence-corrected chi connectivity index (χ4v) is 7.39. The highest BCUT2D eigenvalue weighted by Crippen LogP contribution is 2.45. The van der Waals surface area contributed by atoms with Crippen LogP contribution in [0.4, 0.5) is 4.79 Å². The van der Waals surface area contributed by atoms with E-state index in [1.165, 1.54) is 34.7 Å². The third-order valence-corrected chi connectivity index (χ3v) is 10.3. The third kappa shape index (κ3) is 7.76. The van der Waals surface area contributed by atoms with E-state index >= 15 is 0 Å². The summed E-state index contributed by atoms with van der Waals surface area (Å²) in [5.74, 6) is 0.381. The van der Waals surface area contributed by atoms with Gasteiger partial charge in [0.05, 0.1) is 0 Å². The lowest BCUT2D eigenvalue weighted by molar-refractivity contribution is -0.145. The summed E-state index contributed by atoms with van der Waals surface area (Å²) >= 11 is 7.04. The minimum Gasteiger partial charge on any atom is -0.487 e. The van der Waals surface area contributed by atoms with Crippen molar-refractivity contribution >= 4 is 41.3 Å². The average Bonchev–Trinajstić information content (AvgIpc) is 3.56. The van der Waals surface area contributed by atoms with Crippen LogP contribution in [-0.4, -0.2) is 48.6 Å². The molecule has 47 heavy (non-hydrogen) atoms. The van der Waals surface area contributed by atoms with E-state index in [4.69, 9.17) is 26.4 Å². The number of carbonyl (C=O) groups is 2. The van der Waals surface area contributed by atoms with Gasteiger partial charge < -0.3 is 29.6 Å². The standard InChI is InChI=1S/C37H43N3O5S2/c1-7-19-43-34(41)31(39-36(42)44-21-30-27-15-10-8-13-25(27)26-14-9-11-16-28(26)30)17-12-18-38-35(46)40-47-33-23(3)22(2)32-29(24(33)4)20-37(5,6)45-32/h7-11,13-16,30-31H,1,12,17-21H2,2-6H3,(H,39,42)(H2,38,40,46). The van der Waals surface area contributed by atoms with Crippen molar-refractivity contribution in [3.63, 3.8) is 0 Å². The number of alkyl carbamates (subject to hydrolysis) is 1. The Balaban J connectivity index is 1.12. The highest BCUT2D eigenvalue weighted by atomic mass is 32.2. The first-order valence-corrected chi connectivity index (χ1v) is 17.1. The Morgan fingerprint density at radius 3 is 2.36 bits per heavy atom. The van der Waals surface area contributed by atoms with E-state index in [2.05, 4.69) is 80.8 Å². The van der Waals surface area contributed by atoms with E-state index in [1.54, 1.807) is 0 Å². The molecule has 5 rings (SSSR count). The van der Waals surface area contributed by atoms with Crippen LogP contribution in [0, 0.1) is 20.8 Å². The molecule has 248 valence electrons. The Kier molecular flexibility index (Phi) is 10.8. The molecular weight excluding hydrogens is 631 g/mol. The van der Waals surface area contributed by atoms with Gasteiger partial charge in [0.15, 0.2) is 5.11 Å². The van der Waals surface area contributed by atoms with Crippen molar-refractivity contribution < 1.29 is 23.8 Å². The van der Waals surface area contributed by atoms with E-state index in [-0.39, 0.29) is 24.7 Å². The molecule has 3 aromatic rings. The van der Waals surface area contributed by atoms with Crippen LogP contribution in [0.3, 0.4) is 0 Å². The van der Waals surface area contributed by atoms with Gasteiger partial charge in [-0.2, -0.15) is 0 Å². The average molecular weight is 674 g/mol. The van der Waals surface area contributed by atoms with Crippen LogP contribution < -0.4 is 20.1 Å². The van der Waals surface area contributed by atoms with Gasteiger partial charge in [-0.15, -0.1) is 0 Å². The van der Waals surface area contributed by atoms with Gasteiger partial charge in [0.25, 0.3) is 0 Å². The molecule has 10 heteroatoms. The largest absolute Gasteiger partial charge is 0.487 e. The van der Waals surface area contributed by atoms with Crippen LogP contribution in [0.1, 0.15) is 66.0 Å². The van der Waals surface area contributed by atoms with Crippen LogP contribution in [0.25, 0.3) is 11.1 Å². The number of esters is 1. The van der Waals surface area contributed by atoms with Crippen LogP contribution in [-0.2, 0) is 20.7 Å². The van der Waals surface area contributed by atoms with Crippen molar-refractivity contribution in [3.8, 4) is 16.9 Å². The van der Waals surface area contributed by atoms with Crippen LogP contribution in [0.2, 0.25) is 0 Å². The molecule has 0 aromatic heterocycles. The van der Waals surface area contributed by atoms with Crippen LogP contribution >= 0.6 is 24.2 Å². The summed E-state index contributed by atoms with van der Waals surface area (Å²) < 4.78 is 20.4. The number of rotatable bonds is 12. The number of hydrogen-bond acceptors (Lipinski definition) is 7. The molecule has 0 saturated heterocycles. The first kappa shape index (κ1) is 34.3. The van der Waals surface area contributed by atoms with Crippen molar-refractivity contribution in [1.82, 2.24) is 15.4 Å². The zero-order valence-corrected chi connectivity index (χ0v) is 29.3. The minimum atomic E-state index is -0.880.